The highest BCUT2D eigenvalue weighted by Gasteiger charge is 2.45. The van der Waals surface area contributed by atoms with Gasteiger partial charge in [0, 0.05) is 0 Å². The van der Waals surface area contributed by atoms with E-state index in [0.717, 1.165) is 10.2 Å². The van der Waals surface area contributed by atoms with Crippen LogP contribution in [-0.4, -0.2) is 24.6 Å². The Morgan fingerprint density at radius 2 is 1.87 bits per heavy atom. The Labute approximate surface area is 223 Å². The molecule has 7 nitrogen and oxygen atoms in total. The molecule has 0 N–H and O–H groups in total. The third kappa shape index (κ3) is 3.75. The van der Waals surface area contributed by atoms with Crippen LogP contribution < -0.4 is 19.8 Å². The number of hydrogen-bond acceptors (Lipinski definition) is 7. The van der Waals surface area contributed by atoms with E-state index in [1.165, 1.54) is 16.9 Å². The van der Waals surface area contributed by atoms with E-state index >= 15 is 0 Å². The summed E-state index contributed by atoms with van der Waals surface area (Å²) in [7, 11) is 1.56. The van der Waals surface area contributed by atoms with E-state index in [2.05, 4.69) is 26.0 Å². The van der Waals surface area contributed by atoms with Crippen LogP contribution in [0.1, 0.15) is 60.0 Å². The average Bonchev–Trinajstić information content (AvgIpc) is 3.47. The molecule has 0 saturated heterocycles. The van der Waals surface area contributed by atoms with Gasteiger partial charge in [-0.3, -0.25) is 14.5 Å². The Bertz CT molecular complexity index is 1770. The van der Waals surface area contributed by atoms with Gasteiger partial charge in [0.2, 0.25) is 5.76 Å². The third-order valence-electron chi connectivity index (χ3n) is 6.85. The van der Waals surface area contributed by atoms with Crippen molar-refractivity contribution in [2.24, 2.45) is 0 Å². The Balaban J connectivity index is 1.59. The molecule has 0 spiro atoms. The summed E-state index contributed by atoms with van der Waals surface area (Å²) >= 11 is 1.42. The number of thiazole rings is 1. The zero-order chi connectivity index (χ0) is 26.6. The molecular weight excluding hydrogens is 500 g/mol. The highest BCUT2D eigenvalue weighted by atomic mass is 32.1. The average molecular weight is 527 g/mol. The van der Waals surface area contributed by atoms with Crippen molar-refractivity contribution in [3.05, 3.63) is 93.3 Å². The van der Waals surface area contributed by atoms with Crippen LogP contribution in [-0.2, 0) is 0 Å². The van der Waals surface area contributed by atoms with E-state index in [9.17, 15) is 9.59 Å². The van der Waals surface area contributed by atoms with E-state index in [-0.39, 0.29) is 11.2 Å². The second-order valence-corrected chi connectivity index (χ2v) is 10.5. The van der Waals surface area contributed by atoms with E-state index < -0.39 is 11.9 Å². The smallest absolute Gasteiger partial charge is 0.297 e. The highest BCUT2D eigenvalue weighted by molar-refractivity contribution is 7.22. The van der Waals surface area contributed by atoms with E-state index in [1.54, 1.807) is 42.3 Å². The molecule has 1 aliphatic heterocycles. The van der Waals surface area contributed by atoms with Crippen LogP contribution in [0, 0.1) is 0 Å². The van der Waals surface area contributed by atoms with Crippen LogP contribution in [0.4, 0.5) is 5.13 Å². The summed E-state index contributed by atoms with van der Waals surface area (Å²) in [4.78, 5) is 34.2. The molecule has 38 heavy (non-hydrogen) atoms. The lowest BCUT2D eigenvalue weighted by atomic mass is 9.98. The summed E-state index contributed by atoms with van der Waals surface area (Å²) in [6.45, 7) is 6.66. The summed E-state index contributed by atoms with van der Waals surface area (Å²) in [5.41, 5.74) is 3.12. The number of aromatic nitrogens is 1. The Hall–Kier alpha value is -4.17. The van der Waals surface area contributed by atoms with Gasteiger partial charge in [0.1, 0.15) is 5.58 Å². The zero-order valence-corrected chi connectivity index (χ0v) is 22.3. The normalized spacial score (nSPS) is 15.0. The Morgan fingerprint density at radius 3 is 2.63 bits per heavy atom. The fourth-order valence-corrected chi connectivity index (χ4v) is 5.99. The summed E-state index contributed by atoms with van der Waals surface area (Å²) < 4.78 is 18.3. The van der Waals surface area contributed by atoms with Gasteiger partial charge in [0.05, 0.1) is 40.9 Å². The van der Waals surface area contributed by atoms with Gasteiger partial charge in [-0.1, -0.05) is 49.4 Å². The molecule has 1 aliphatic rings. The minimum Gasteiger partial charge on any atom is -0.493 e. The standard InChI is InChI=1S/C30H26N2O5S/c1-5-36-22-13-11-18(14-23(22)35-4)26-25-27(33)19-8-6-7-9-21(19)37-28(25)29(34)32(26)30-31-20-12-10-17(16(2)3)15-24(20)38-30/h6-16,26H,5H2,1-4H3. The first kappa shape index (κ1) is 24.2. The number of rotatable bonds is 6. The molecule has 0 fully saturated rings. The van der Waals surface area contributed by atoms with Crippen molar-refractivity contribution in [3.8, 4) is 11.5 Å². The number of amides is 1. The largest absolute Gasteiger partial charge is 0.493 e. The number of carbonyl (C=O) groups is 1. The summed E-state index contributed by atoms with van der Waals surface area (Å²) in [6, 6.07) is 17.9. The minimum absolute atomic E-state index is 0.0358. The van der Waals surface area contributed by atoms with Crippen molar-refractivity contribution in [2.45, 2.75) is 32.7 Å². The van der Waals surface area contributed by atoms with Crippen molar-refractivity contribution in [1.82, 2.24) is 4.98 Å². The molecule has 0 saturated carbocycles. The fraction of sp³-hybridized carbons (Fsp3) is 0.233. The SMILES string of the molecule is CCOc1ccc(C2c3c(oc4ccccc4c3=O)C(=O)N2c2nc3ccc(C(C)C)cc3s2)cc1OC. The molecule has 5 aromatic rings. The van der Waals surface area contributed by atoms with E-state index in [0.29, 0.717) is 51.3 Å². The summed E-state index contributed by atoms with van der Waals surface area (Å²) in [5.74, 6) is 1.10. The van der Waals surface area contributed by atoms with Crippen molar-refractivity contribution in [2.75, 3.05) is 18.6 Å². The molecule has 0 bridgehead atoms. The van der Waals surface area contributed by atoms with E-state index in [1.807, 2.05) is 25.1 Å². The molecule has 3 aromatic carbocycles. The number of ether oxygens (including phenoxy) is 2. The quantitative estimate of drug-likeness (QED) is 0.245. The molecule has 8 heteroatoms. The number of carbonyl (C=O) groups excluding carboxylic acids is 1. The van der Waals surface area contributed by atoms with Gasteiger partial charge in [-0.25, -0.2) is 4.98 Å². The van der Waals surface area contributed by atoms with E-state index in [4.69, 9.17) is 18.9 Å². The lowest BCUT2D eigenvalue weighted by Gasteiger charge is -2.23. The molecule has 2 aromatic heterocycles. The van der Waals surface area contributed by atoms with Crippen LogP contribution in [0.15, 0.2) is 69.9 Å². The van der Waals surface area contributed by atoms with Crippen LogP contribution in [0.5, 0.6) is 11.5 Å². The third-order valence-corrected chi connectivity index (χ3v) is 7.87. The van der Waals surface area contributed by atoms with Crippen molar-refractivity contribution in [1.29, 1.82) is 0 Å². The van der Waals surface area contributed by atoms with Gasteiger partial charge >= 0.3 is 0 Å². The number of methoxy groups -OCH3 is 1. The predicted molar refractivity (Wildman–Crippen MR) is 149 cm³/mol. The van der Waals surface area contributed by atoms with Gasteiger partial charge in [-0.05, 0) is 60.4 Å². The first-order valence-electron chi connectivity index (χ1n) is 12.5. The Morgan fingerprint density at radius 1 is 1.05 bits per heavy atom. The summed E-state index contributed by atoms with van der Waals surface area (Å²) in [5, 5.41) is 0.924. The lowest BCUT2D eigenvalue weighted by Crippen LogP contribution is -2.29. The number of nitrogens with zero attached hydrogens (tertiary/aromatic N) is 2. The molecule has 0 radical (unpaired) electrons. The molecule has 1 unspecified atom stereocenters. The topological polar surface area (TPSA) is 81.9 Å². The van der Waals surface area contributed by atoms with Gasteiger partial charge in [0.15, 0.2) is 22.1 Å². The van der Waals surface area contributed by atoms with Crippen molar-refractivity contribution >= 4 is 43.6 Å². The lowest BCUT2D eigenvalue weighted by molar-refractivity contribution is 0.0971. The van der Waals surface area contributed by atoms with Gasteiger partial charge in [-0.2, -0.15) is 0 Å². The molecule has 192 valence electrons. The maximum Gasteiger partial charge on any atom is 0.297 e. The molecule has 0 aliphatic carbocycles. The number of anilines is 1. The molecule has 6 rings (SSSR count). The molecular formula is C30H26N2O5S. The molecule has 1 amide bonds. The first-order valence-corrected chi connectivity index (χ1v) is 13.3. The first-order chi connectivity index (χ1) is 18.4. The van der Waals surface area contributed by atoms with Gasteiger partial charge in [0.25, 0.3) is 5.91 Å². The number of benzene rings is 3. The van der Waals surface area contributed by atoms with Crippen molar-refractivity contribution < 1.29 is 18.7 Å². The maximum absolute atomic E-state index is 14.0. The predicted octanol–water partition coefficient (Wildman–Crippen LogP) is 6.68. The zero-order valence-electron chi connectivity index (χ0n) is 21.5. The number of hydrogen-bond donors (Lipinski definition) is 0. The number of fused-ring (bicyclic) bond motifs is 3. The van der Waals surface area contributed by atoms with Crippen molar-refractivity contribution in [3.63, 3.8) is 0 Å². The number of para-hydroxylation sites is 1. The van der Waals surface area contributed by atoms with Gasteiger partial charge < -0.3 is 13.9 Å². The van der Waals surface area contributed by atoms with Crippen LogP contribution in [0.2, 0.25) is 0 Å². The Kier molecular flexibility index (Phi) is 5.91. The monoisotopic (exact) mass is 526 g/mol. The molecule has 1 atom stereocenters. The fourth-order valence-electron chi connectivity index (χ4n) is 4.95. The summed E-state index contributed by atoms with van der Waals surface area (Å²) in [6.07, 6.45) is 0. The second kappa shape index (κ2) is 9.29. The van der Waals surface area contributed by atoms with Crippen LogP contribution >= 0.6 is 11.3 Å². The van der Waals surface area contributed by atoms with Crippen LogP contribution in [0.25, 0.3) is 21.2 Å². The maximum atomic E-state index is 14.0. The van der Waals surface area contributed by atoms with Crippen LogP contribution in [0.3, 0.4) is 0 Å². The second-order valence-electron chi connectivity index (χ2n) is 9.47. The highest BCUT2D eigenvalue weighted by Crippen LogP contribution is 2.45. The van der Waals surface area contributed by atoms with Gasteiger partial charge in [-0.15, -0.1) is 0 Å². The molecule has 3 heterocycles. The minimum atomic E-state index is -0.743.